The molecule has 3 heterocycles. The highest BCUT2D eigenvalue weighted by Crippen LogP contribution is 2.52. The number of hydrogen-bond acceptors (Lipinski definition) is 6. The Kier molecular flexibility index (Phi) is 7.37. The van der Waals surface area contributed by atoms with Crippen molar-refractivity contribution >= 4 is 17.1 Å². The molecule has 1 aromatic heterocycles. The van der Waals surface area contributed by atoms with Crippen molar-refractivity contribution in [2.24, 2.45) is 0 Å². The Labute approximate surface area is 314 Å². The van der Waals surface area contributed by atoms with Gasteiger partial charge in [0, 0.05) is 27.8 Å². The summed E-state index contributed by atoms with van der Waals surface area (Å²) in [5.74, 6) is 4.29. The van der Waals surface area contributed by atoms with Crippen LogP contribution in [0, 0.1) is 0 Å². The van der Waals surface area contributed by atoms with Gasteiger partial charge in [0.15, 0.2) is 40.5 Å². The second-order valence-electron chi connectivity index (χ2n) is 14.1. The molecule has 6 heteroatoms. The van der Waals surface area contributed by atoms with Crippen molar-refractivity contribution < 1.29 is 9.47 Å². The second kappa shape index (κ2) is 12.6. The van der Waals surface area contributed by atoms with Crippen LogP contribution in [0.5, 0.6) is 23.0 Å². The van der Waals surface area contributed by atoms with Crippen molar-refractivity contribution in [3.8, 4) is 68.3 Å². The molecule has 0 amide bonds. The fourth-order valence-corrected chi connectivity index (χ4v) is 7.61. The first kappa shape index (κ1) is 31.7. The Balaban J connectivity index is 0.999. The molecule has 0 saturated heterocycles. The summed E-state index contributed by atoms with van der Waals surface area (Å²) in [5, 5.41) is 0. The Bertz CT molecular complexity index is 2600. The van der Waals surface area contributed by atoms with Crippen LogP contribution in [0.15, 0.2) is 170 Å². The first-order chi connectivity index (χ1) is 26.5. The van der Waals surface area contributed by atoms with Gasteiger partial charge < -0.3 is 14.4 Å². The second-order valence-corrected chi connectivity index (χ2v) is 14.1. The summed E-state index contributed by atoms with van der Waals surface area (Å²) in [6.07, 6.45) is 0. The molecule has 2 aliphatic rings. The topological polar surface area (TPSA) is 60.4 Å². The van der Waals surface area contributed by atoms with E-state index < -0.39 is 0 Å². The molecule has 10 rings (SSSR count). The van der Waals surface area contributed by atoms with E-state index in [9.17, 15) is 0 Å². The van der Waals surface area contributed by atoms with Gasteiger partial charge in [0.25, 0.3) is 0 Å². The molecular formula is C48H34N4O2. The monoisotopic (exact) mass is 698 g/mol. The highest BCUT2D eigenvalue weighted by Gasteiger charge is 2.36. The van der Waals surface area contributed by atoms with Crippen molar-refractivity contribution in [3.05, 3.63) is 181 Å². The van der Waals surface area contributed by atoms with Crippen molar-refractivity contribution in [2.45, 2.75) is 19.3 Å². The standard InChI is InChI=1S/C48H34N4O2/c1-48(2)37-20-9-11-22-39(37)52(40-23-12-10-21-38(40)48)36-19-13-18-33(28-36)34-24-26-41-43(29-34)54-44-30-35(25-27-42(44)53-41)47-50-45(31-14-5-3-6-15-31)49-46(51-47)32-16-7-4-8-17-32/h3-30H,1-2H3. The minimum Gasteiger partial charge on any atom is -0.450 e. The Morgan fingerprint density at radius 2 is 0.833 bits per heavy atom. The van der Waals surface area contributed by atoms with Crippen LogP contribution in [0.4, 0.5) is 17.1 Å². The van der Waals surface area contributed by atoms with Gasteiger partial charge in [-0.05, 0) is 76.9 Å². The Hall–Kier alpha value is -7.05. The first-order valence-corrected chi connectivity index (χ1v) is 18.1. The lowest BCUT2D eigenvalue weighted by Gasteiger charge is -2.42. The normalized spacial score (nSPS) is 13.4. The lowest BCUT2D eigenvalue weighted by Crippen LogP contribution is -2.30. The van der Waals surface area contributed by atoms with Gasteiger partial charge in [-0.1, -0.05) is 129 Å². The van der Waals surface area contributed by atoms with Crippen LogP contribution in [0.2, 0.25) is 0 Å². The van der Waals surface area contributed by atoms with Crippen molar-refractivity contribution in [3.63, 3.8) is 0 Å². The minimum absolute atomic E-state index is 0.120. The van der Waals surface area contributed by atoms with Crippen LogP contribution < -0.4 is 14.4 Å². The minimum atomic E-state index is -0.120. The molecule has 0 aliphatic carbocycles. The predicted molar refractivity (Wildman–Crippen MR) is 215 cm³/mol. The van der Waals surface area contributed by atoms with Crippen molar-refractivity contribution in [1.82, 2.24) is 15.0 Å². The van der Waals surface area contributed by atoms with Crippen molar-refractivity contribution in [2.75, 3.05) is 4.90 Å². The summed E-state index contributed by atoms with van der Waals surface area (Å²) in [6.45, 7) is 4.62. The third kappa shape index (κ3) is 5.39. The fraction of sp³-hybridized carbons (Fsp3) is 0.0625. The van der Waals surface area contributed by atoms with E-state index in [0.29, 0.717) is 40.5 Å². The van der Waals surface area contributed by atoms with Crippen LogP contribution in [0.25, 0.3) is 45.3 Å². The van der Waals surface area contributed by atoms with Crippen LogP contribution in [0.3, 0.4) is 0 Å². The number of aromatic nitrogens is 3. The van der Waals surface area contributed by atoms with E-state index in [-0.39, 0.29) is 5.41 Å². The van der Waals surface area contributed by atoms with Crippen LogP contribution in [-0.4, -0.2) is 15.0 Å². The number of fused-ring (bicyclic) bond motifs is 4. The molecular weight excluding hydrogens is 665 g/mol. The van der Waals surface area contributed by atoms with Crippen molar-refractivity contribution in [1.29, 1.82) is 0 Å². The van der Waals surface area contributed by atoms with E-state index in [2.05, 4.69) is 104 Å². The number of ether oxygens (including phenoxy) is 2. The lowest BCUT2D eigenvalue weighted by molar-refractivity contribution is 0.360. The number of anilines is 3. The van der Waals surface area contributed by atoms with Crippen LogP contribution in [-0.2, 0) is 5.41 Å². The largest absolute Gasteiger partial charge is 0.450 e. The van der Waals surface area contributed by atoms with Gasteiger partial charge in [0.2, 0.25) is 0 Å². The van der Waals surface area contributed by atoms with Gasteiger partial charge in [0.05, 0.1) is 11.4 Å². The van der Waals surface area contributed by atoms with Crippen LogP contribution in [0.1, 0.15) is 25.0 Å². The summed E-state index contributed by atoms with van der Waals surface area (Å²) in [4.78, 5) is 17.0. The van der Waals surface area contributed by atoms with Gasteiger partial charge in [0.1, 0.15) is 0 Å². The fourth-order valence-electron chi connectivity index (χ4n) is 7.61. The maximum atomic E-state index is 6.59. The summed E-state index contributed by atoms with van der Waals surface area (Å²) in [7, 11) is 0. The molecule has 2 aliphatic heterocycles. The van der Waals surface area contributed by atoms with E-state index in [1.807, 2.05) is 84.9 Å². The molecule has 0 atom stereocenters. The summed E-state index contributed by atoms with van der Waals surface area (Å²) in [5.41, 5.74) is 10.7. The van der Waals surface area contributed by atoms with Gasteiger partial charge in [-0.3, -0.25) is 0 Å². The summed E-state index contributed by atoms with van der Waals surface area (Å²) in [6, 6.07) is 58.0. The smallest absolute Gasteiger partial charge is 0.170 e. The molecule has 258 valence electrons. The average Bonchev–Trinajstić information content (AvgIpc) is 3.23. The number of hydrogen-bond donors (Lipinski definition) is 0. The van der Waals surface area contributed by atoms with Gasteiger partial charge in [-0.2, -0.15) is 0 Å². The maximum absolute atomic E-state index is 6.59. The van der Waals surface area contributed by atoms with E-state index in [1.165, 1.54) is 22.5 Å². The van der Waals surface area contributed by atoms with Gasteiger partial charge in [-0.15, -0.1) is 0 Å². The molecule has 6 nitrogen and oxygen atoms in total. The zero-order chi connectivity index (χ0) is 36.2. The molecule has 8 aromatic rings. The average molecular weight is 699 g/mol. The number of para-hydroxylation sites is 2. The third-order valence-corrected chi connectivity index (χ3v) is 10.4. The molecule has 7 aromatic carbocycles. The lowest BCUT2D eigenvalue weighted by atomic mass is 9.73. The first-order valence-electron chi connectivity index (χ1n) is 18.1. The number of nitrogens with zero attached hydrogens (tertiary/aromatic N) is 4. The van der Waals surface area contributed by atoms with Crippen LogP contribution >= 0.6 is 0 Å². The SMILES string of the molecule is CC1(C)c2ccccc2N(c2cccc(-c3ccc4c(c3)Oc3cc(-c5nc(-c6ccccc6)nc(-c6ccccc6)n5)ccc3O4)c2)c2ccccc21. The Morgan fingerprint density at radius 3 is 1.43 bits per heavy atom. The highest BCUT2D eigenvalue weighted by molar-refractivity contribution is 5.87. The van der Waals surface area contributed by atoms with E-state index in [1.54, 1.807) is 0 Å². The van der Waals surface area contributed by atoms with E-state index in [4.69, 9.17) is 24.4 Å². The summed E-state index contributed by atoms with van der Waals surface area (Å²) < 4.78 is 13.0. The maximum Gasteiger partial charge on any atom is 0.170 e. The summed E-state index contributed by atoms with van der Waals surface area (Å²) >= 11 is 0. The zero-order valence-corrected chi connectivity index (χ0v) is 29.8. The number of benzene rings is 7. The predicted octanol–water partition coefficient (Wildman–Crippen LogP) is 12.5. The Morgan fingerprint density at radius 1 is 0.389 bits per heavy atom. The highest BCUT2D eigenvalue weighted by atomic mass is 16.6. The molecule has 0 spiro atoms. The molecule has 0 radical (unpaired) electrons. The molecule has 0 N–H and O–H groups in total. The van der Waals surface area contributed by atoms with Gasteiger partial charge in [-0.25, -0.2) is 15.0 Å². The zero-order valence-electron chi connectivity index (χ0n) is 29.8. The molecule has 0 unspecified atom stereocenters. The molecule has 0 saturated carbocycles. The molecule has 54 heavy (non-hydrogen) atoms. The molecule has 0 bridgehead atoms. The quantitative estimate of drug-likeness (QED) is 0.178. The van der Waals surface area contributed by atoms with E-state index >= 15 is 0 Å². The number of rotatable bonds is 5. The third-order valence-electron chi connectivity index (χ3n) is 10.4. The van der Waals surface area contributed by atoms with E-state index in [0.717, 1.165) is 33.5 Å². The van der Waals surface area contributed by atoms with Gasteiger partial charge >= 0.3 is 0 Å². The molecule has 0 fully saturated rings.